The van der Waals surface area contributed by atoms with Crippen molar-refractivity contribution >= 4 is 5.69 Å². The highest BCUT2D eigenvalue weighted by molar-refractivity contribution is 5.61. The van der Waals surface area contributed by atoms with E-state index in [2.05, 4.69) is 6.07 Å². The fourth-order valence-corrected chi connectivity index (χ4v) is 3.00. The minimum Gasteiger partial charge on any atom is -0.495 e. The van der Waals surface area contributed by atoms with Crippen LogP contribution in [0.25, 0.3) is 0 Å². The smallest absolute Gasteiger partial charge is 0.142 e. The topological polar surface area (TPSA) is 55.5 Å². The van der Waals surface area contributed by atoms with E-state index in [1.807, 2.05) is 36.4 Å². The zero-order chi connectivity index (χ0) is 14.8. The van der Waals surface area contributed by atoms with E-state index < -0.39 is 6.10 Å². The van der Waals surface area contributed by atoms with Gasteiger partial charge in [-0.3, -0.25) is 0 Å². The lowest BCUT2D eigenvalue weighted by Gasteiger charge is -2.29. The van der Waals surface area contributed by atoms with Crippen LogP contribution in [0.4, 0.5) is 5.69 Å². The van der Waals surface area contributed by atoms with Gasteiger partial charge in [-0.05, 0) is 36.0 Å². The highest BCUT2D eigenvalue weighted by Crippen LogP contribution is 2.42. The zero-order valence-electron chi connectivity index (χ0n) is 12.3. The molecular formula is C18H21NO2. The van der Waals surface area contributed by atoms with Crippen molar-refractivity contribution in [2.45, 2.75) is 31.3 Å². The molecular weight excluding hydrogens is 262 g/mol. The second-order valence-electron chi connectivity index (χ2n) is 5.62. The number of aliphatic hydroxyl groups excluding tert-OH is 1. The molecule has 3 rings (SSSR count). The van der Waals surface area contributed by atoms with Crippen molar-refractivity contribution in [3.8, 4) is 5.75 Å². The maximum Gasteiger partial charge on any atom is 0.142 e. The number of para-hydroxylation sites is 1. The second kappa shape index (κ2) is 5.78. The quantitative estimate of drug-likeness (QED) is 0.842. The largest absolute Gasteiger partial charge is 0.495 e. The first-order valence-electron chi connectivity index (χ1n) is 7.41. The van der Waals surface area contributed by atoms with Crippen molar-refractivity contribution in [1.82, 2.24) is 0 Å². The molecule has 1 unspecified atom stereocenters. The van der Waals surface area contributed by atoms with Crippen molar-refractivity contribution in [3.05, 3.63) is 59.2 Å². The van der Waals surface area contributed by atoms with Gasteiger partial charge in [0, 0.05) is 5.56 Å². The predicted octanol–water partition coefficient (Wildman–Crippen LogP) is 3.63. The highest BCUT2D eigenvalue weighted by Gasteiger charge is 2.25. The Morgan fingerprint density at radius 3 is 2.48 bits per heavy atom. The van der Waals surface area contributed by atoms with Gasteiger partial charge in [0.25, 0.3) is 0 Å². The molecule has 3 nitrogen and oxygen atoms in total. The molecule has 0 radical (unpaired) electrons. The second-order valence-corrected chi connectivity index (χ2v) is 5.62. The molecule has 0 saturated heterocycles. The summed E-state index contributed by atoms with van der Waals surface area (Å²) >= 11 is 0. The van der Waals surface area contributed by atoms with Gasteiger partial charge >= 0.3 is 0 Å². The summed E-state index contributed by atoms with van der Waals surface area (Å²) < 4.78 is 5.25. The fourth-order valence-electron chi connectivity index (χ4n) is 3.00. The van der Waals surface area contributed by atoms with Crippen LogP contribution in [-0.2, 0) is 0 Å². The maximum atomic E-state index is 10.8. The average Bonchev–Trinajstić information content (AvgIpc) is 2.46. The van der Waals surface area contributed by atoms with Gasteiger partial charge in [-0.1, -0.05) is 42.8 Å². The van der Waals surface area contributed by atoms with Crippen molar-refractivity contribution in [2.24, 2.45) is 0 Å². The first-order chi connectivity index (χ1) is 10.2. The third-order valence-electron chi connectivity index (χ3n) is 4.45. The molecule has 3 heteroatoms. The first-order valence-corrected chi connectivity index (χ1v) is 7.41. The number of rotatable bonds is 4. The molecule has 3 N–H and O–H groups in total. The maximum absolute atomic E-state index is 10.8. The van der Waals surface area contributed by atoms with Crippen LogP contribution in [0.15, 0.2) is 42.5 Å². The zero-order valence-corrected chi connectivity index (χ0v) is 12.3. The molecule has 1 aliphatic carbocycles. The third kappa shape index (κ3) is 2.49. The minimum atomic E-state index is -0.711. The molecule has 0 heterocycles. The Hall–Kier alpha value is -2.00. The first kappa shape index (κ1) is 14.0. The number of nitrogens with two attached hydrogens (primary N) is 1. The van der Waals surface area contributed by atoms with E-state index in [9.17, 15) is 5.11 Å². The predicted molar refractivity (Wildman–Crippen MR) is 84.5 cm³/mol. The average molecular weight is 283 g/mol. The number of nitrogen functional groups attached to an aromatic ring is 1. The molecule has 1 atom stereocenters. The summed E-state index contributed by atoms with van der Waals surface area (Å²) in [6.07, 6.45) is 2.97. The van der Waals surface area contributed by atoms with Gasteiger partial charge in [0.15, 0.2) is 0 Å². The Morgan fingerprint density at radius 2 is 1.81 bits per heavy atom. The Morgan fingerprint density at radius 1 is 1.10 bits per heavy atom. The molecule has 1 saturated carbocycles. The van der Waals surface area contributed by atoms with E-state index in [0.29, 0.717) is 22.9 Å². The number of anilines is 1. The summed E-state index contributed by atoms with van der Waals surface area (Å²) in [5.41, 5.74) is 9.55. The van der Waals surface area contributed by atoms with Gasteiger partial charge in [-0.15, -0.1) is 0 Å². The van der Waals surface area contributed by atoms with Crippen LogP contribution in [0, 0.1) is 0 Å². The Labute approximate surface area is 125 Å². The number of benzene rings is 2. The van der Waals surface area contributed by atoms with Crippen molar-refractivity contribution < 1.29 is 9.84 Å². The summed E-state index contributed by atoms with van der Waals surface area (Å²) in [5, 5.41) is 10.8. The summed E-state index contributed by atoms with van der Waals surface area (Å²) in [6.45, 7) is 0. The van der Waals surface area contributed by atoms with Gasteiger partial charge in [-0.25, -0.2) is 0 Å². The monoisotopic (exact) mass is 283 g/mol. The van der Waals surface area contributed by atoms with Gasteiger partial charge in [-0.2, -0.15) is 0 Å². The van der Waals surface area contributed by atoms with E-state index in [1.54, 1.807) is 7.11 Å². The molecule has 110 valence electrons. The molecule has 0 amide bonds. The molecule has 0 spiro atoms. The van der Waals surface area contributed by atoms with Crippen molar-refractivity contribution in [1.29, 1.82) is 0 Å². The molecule has 0 aromatic heterocycles. The number of methoxy groups -OCH3 is 1. The van der Waals surface area contributed by atoms with Crippen LogP contribution in [0.3, 0.4) is 0 Å². The number of hydrogen-bond acceptors (Lipinski definition) is 3. The van der Waals surface area contributed by atoms with Crippen LogP contribution in [-0.4, -0.2) is 12.2 Å². The molecule has 1 fully saturated rings. The Balaban J connectivity index is 2.01. The van der Waals surface area contributed by atoms with Crippen LogP contribution in [0.1, 0.15) is 48.0 Å². The van der Waals surface area contributed by atoms with Gasteiger partial charge in [0.05, 0.1) is 12.8 Å². The molecule has 1 aliphatic rings. The Kier molecular flexibility index (Phi) is 3.84. The lowest BCUT2D eigenvalue weighted by molar-refractivity contribution is 0.217. The van der Waals surface area contributed by atoms with E-state index in [1.165, 1.54) is 24.8 Å². The van der Waals surface area contributed by atoms with Crippen LogP contribution in [0.2, 0.25) is 0 Å². The lowest BCUT2D eigenvalue weighted by Crippen LogP contribution is -2.14. The van der Waals surface area contributed by atoms with Gasteiger partial charge in [0.1, 0.15) is 11.9 Å². The van der Waals surface area contributed by atoms with Crippen molar-refractivity contribution in [2.75, 3.05) is 12.8 Å². The van der Waals surface area contributed by atoms with E-state index in [-0.39, 0.29) is 0 Å². The molecule has 0 bridgehead atoms. The van der Waals surface area contributed by atoms with Gasteiger partial charge in [0.2, 0.25) is 0 Å². The number of ether oxygens (including phenoxy) is 1. The number of aliphatic hydroxyl groups is 1. The normalized spacial score (nSPS) is 16.3. The van der Waals surface area contributed by atoms with Gasteiger partial charge < -0.3 is 15.6 Å². The number of hydrogen-bond donors (Lipinski definition) is 2. The third-order valence-corrected chi connectivity index (χ3v) is 4.45. The summed E-state index contributed by atoms with van der Waals surface area (Å²) in [7, 11) is 1.59. The van der Waals surface area contributed by atoms with Crippen LogP contribution in [0.5, 0.6) is 5.75 Å². The van der Waals surface area contributed by atoms with Crippen LogP contribution >= 0.6 is 0 Å². The van der Waals surface area contributed by atoms with E-state index in [4.69, 9.17) is 10.5 Å². The highest BCUT2D eigenvalue weighted by atomic mass is 16.5. The van der Waals surface area contributed by atoms with E-state index >= 15 is 0 Å². The molecule has 2 aromatic rings. The molecule has 2 aromatic carbocycles. The standard InChI is InChI=1S/C18H21NO2/c1-21-16-11-5-10-15(17(16)19)18(20)14-9-3-2-8-13(14)12-6-4-7-12/h2-3,5,8-12,18,20H,4,6-7,19H2,1H3. The Bertz CT molecular complexity index is 635. The minimum absolute atomic E-state index is 0.510. The summed E-state index contributed by atoms with van der Waals surface area (Å²) in [6, 6.07) is 13.7. The summed E-state index contributed by atoms with van der Waals surface area (Å²) in [4.78, 5) is 0. The van der Waals surface area contributed by atoms with Crippen LogP contribution < -0.4 is 10.5 Å². The van der Waals surface area contributed by atoms with E-state index in [0.717, 1.165) is 5.56 Å². The molecule has 0 aliphatic heterocycles. The fraction of sp³-hybridized carbons (Fsp3) is 0.333. The lowest BCUT2D eigenvalue weighted by atomic mass is 9.77. The van der Waals surface area contributed by atoms with Crippen molar-refractivity contribution in [3.63, 3.8) is 0 Å². The SMILES string of the molecule is COc1cccc(C(O)c2ccccc2C2CCC2)c1N. The summed E-state index contributed by atoms with van der Waals surface area (Å²) in [5.74, 6) is 1.18. The molecule has 21 heavy (non-hydrogen) atoms.